The van der Waals surface area contributed by atoms with Crippen LogP contribution in [0.5, 0.6) is 0 Å². The Labute approximate surface area is 158 Å². The van der Waals surface area contributed by atoms with Gasteiger partial charge in [0.15, 0.2) is 0 Å². The molecule has 0 aromatic heterocycles. The third-order valence-electron chi connectivity index (χ3n) is 8.23. The molecule has 3 aliphatic carbocycles. The van der Waals surface area contributed by atoms with E-state index in [9.17, 15) is 0 Å². The van der Waals surface area contributed by atoms with Crippen molar-refractivity contribution in [2.45, 2.75) is 110 Å². The highest BCUT2D eigenvalue weighted by molar-refractivity contribution is 4.91. The summed E-state index contributed by atoms with van der Waals surface area (Å²) < 4.78 is 0. The summed E-state index contributed by atoms with van der Waals surface area (Å²) in [6.07, 6.45) is 27.6. The van der Waals surface area contributed by atoms with Crippen molar-refractivity contribution < 1.29 is 0 Å². The monoisotopic (exact) mass is 344 g/mol. The Balaban J connectivity index is 1.35. The van der Waals surface area contributed by atoms with Crippen LogP contribution in [0.1, 0.15) is 110 Å². The quantitative estimate of drug-likeness (QED) is 0.322. The first-order valence-electron chi connectivity index (χ1n) is 11.9. The molecule has 3 aliphatic rings. The van der Waals surface area contributed by atoms with Crippen molar-refractivity contribution in [2.75, 3.05) is 0 Å². The van der Waals surface area contributed by atoms with Gasteiger partial charge in [0.25, 0.3) is 0 Å². The van der Waals surface area contributed by atoms with Gasteiger partial charge in [-0.1, -0.05) is 51.2 Å². The van der Waals surface area contributed by atoms with Crippen LogP contribution in [0.25, 0.3) is 0 Å². The molecule has 25 heavy (non-hydrogen) atoms. The first-order chi connectivity index (χ1) is 12.3. The fourth-order valence-electron chi connectivity index (χ4n) is 6.66. The second-order valence-electron chi connectivity index (χ2n) is 9.81. The molecule has 0 aliphatic heterocycles. The van der Waals surface area contributed by atoms with Gasteiger partial charge in [0, 0.05) is 0 Å². The Morgan fingerprint density at radius 2 is 1.24 bits per heavy atom. The van der Waals surface area contributed by atoms with E-state index >= 15 is 0 Å². The second-order valence-corrected chi connectivity index (χ2v) is 9.81. The zero-order valence-corrected chi connectivity index (χ0v) is 17.2. The Hall–Kier alpha value is -0.260. The van der Waals surface area contributed by atoms with Crippen LogP contribution in [0, 0.1) is 35.5 Å². The van der Waals surface area contributed by atoms with Crippen molar-refractivity contribution in [3.8, 4) is 0 Å². The fourth-order valence-corrected chi connectivity index (χ4v) is 6.66. The highest BCUT2D eigenvalue weighted by Crippen LogP contribution is 2.47. The highest BCUT2D eigenvalue weighted by Gasteiger charge is 2.35. The van der Waals surface area contributed by atoms with Crippen molar-refractivity contribution in [1.82, 2.24) is 0 Å². The van der Waals surface area contributed by atoms with E-state index in [0.29, 0.717) is 0 Å². The van der Waals surface area contributed by atoms with Crippen molar-refractivity contribution >= 4 is 0 Å². The van der Waals surface area contributed by atoms with Crippen LogP contribution in [0.3, 0.4) is 0 Å². The molecule has 0 nitrogen and oxygen atoms in total. The van der Waals surface area contributed by atoms with Gasteiger partial charge in [0.1, 0.15) is 0 Å². The molecule has 0 saturated heterocycles. The second kappa shape index (κ2) is 10.2. The van der Waals surface area contributed by atoms with Crippen molar-refractivity contribution in [1.29, 1.82) is 0 Å². The lowest BCUT2D eigenvalue weighted by Crippen LogP contribution is -2.27. The fraction of sp³-hybridized carbons (Fsp3) is 0.920. The topological polar surface area (TPSA) is 0 Å². The molecule has 3 fully saturated rings. The molecular formula is C25H44. The Morgan fingerprint density at radius 3 is 1.84 bits per heavy atom. The highest BCUT2D eigenvalue weighted by atomic mass is 14.4. The molecule has 0 spiro atoms. The standard InChI is InChI=1S/C25H44/c1-3-5-6-8-21-11-14-25(19-21)24-17-15-23(16-18-24)22-12-9-20(7-4-2)10-13-22/h4,7,20-25H,3,5-6,8-19H2,1-2H3/b7-4+. The summed E-state index contributed by atoms with van der Waals surface area (Å²) in [6, 6.07) is 0. The van der Waals surface area contributed by atoms with E-state index in [2.05, 4.69) is 26.0 Å². The lowest BCUT2D eigenvalue weighted by atomic mass is 9.67. The lowest BCUT2D eigenvalue weighted by molar-refractivity contribution is 0.131. The Kier molecular flexibility index (Phi) is 7.93. The summed E-state index contributed by atoms with van der Waals surface area (Å²) in [5.41, 5.74) is 0. The molecule has 2 unspecified atom stereocenters. The Morgan fingerprint density at radius 1 is 0.680 bits per heavy atom. The Bertz CT molecular complexity index is 379. The maximum absolute atomic E-state index is 2.46. The molecule has 0 bridgehead atoms. The first kappa shape index (κ1) is 19.5. The van der Waals surface area contributed by atoms with Crippen LogP contribution in [0.15, 0.2) is 12.2 Å². The molecule has 0 heterocycles. The van der Waals surface area contributed by atoms with Gasteiger partial charge < -0.3 is 0 Å². The minimum atomic E-state index is 0.903. The minimum absolute atomic E-state index is 0.903. The first-order valence-corrected chi connectivity index (χ1v) is 11.9. The number of rotatable bonds is 7. The van der Waals surface area contributed by atoms with E-state index in [-0.39, 0.29) is 0 Å². The molecular weight excluding hydrogens is 300 g/mol. The summed E-state index contributed by atoms with van der Waals surface area (Å²) in [4.78, 5) is 0. The summed E-state index contributed by atoms with van der Waals surface area (Å²) in [5.74, 6) is 6.37. The molecule has 144 valence electrons. The molecule has 0 aromatic rings. The molecule has 2 atom stereocenters. The van der Waals surface area contributed by atoms with Gasteiger partial charge in [0.05, 0.1) is 0 Å². The zero-order valence-electron chi connectivity index (χ0n) is 17.2. The molecule has 0 aromatic carbocycles. The van der Waals surface area contributed by atoms with E-state index in [4.69, 9.17) is 0 Å². The van der Waals surface area contributed by atoms with Crippen molar-refractivity contribution in [3.63, 3.8) is 0 Å². The predicted octanol–water partition coefficient (Wildman–Crippen LogP) is 8.17. The van der Waals surface area contributed by atoms with E-state index < -0.39 is 0 Å². The van der Waals surface area contributed by atoms with Gasteiger partial charge in [-0.15, -0.1) is 0 Å². The molecule has 3 rings (SSSR count). The molecule has 0 N–H and O–H groups in total. The van der Waals surface area contributed by atoms with Gasteiger partial charge in [-0.25, -0.2) is 0 Å². The SMILES string of the molecule is C/C=C/C1CCC(C2CCC(C3CCC(CCCCC)C3)CC2)CC1. The van der Waals surface area contributed by atoms with E-state index in [1.54, 1.807) is 44.9 Å². The van der Waals surface area contributed by atoms with Crippen LogP contribution in [-0.2, 0) is 0 Å². The van der Waals surface area contributed by atoms with E-state index in [1.165, 1.54) is 51.4 Å². The van der Waals surface area contributed by atoms with Crippen LogP contribution in [-0.4, -0.2) is 0 Å². The number of hydrogen-bond donors (Lipinski definition) is 0. The van der Waals surface area contributed by atoms with E-state index in [1.807, 2.05) is 0 Å². The average Bonchev–Trinajstić information content (AvgIpc) is 3.12. The summed E-state index contributed by atoms with van der Waals surface area (Å²) in [7, 11) is 0. The van der Waals surface area contributed by atoms with Gasteiger partial charge in [-0.3, -0.25) is 0 Å². The van der Waals surface area contributed by atoms with Crippen LogP contribution in [0.4, 0.5) is 0 Å². The third kappa shape index (κ3) is 5.61. The predicted molar refractivity (Wildman–Crippen MR) is 111 cm³/mol. The van der Waals surface area contributed by atoms with Crippen LogP contribution >= 0.6 is 0 Å². The summed E-state index contributed by atoms with van der Waals surface area (Å²) >= 11 is 0. The number of hydrogen-bond acceptors (Lipinski definition) is 0. The summed E-state index contributed by atoms with van der Waals surface area (Å²) in [6.45, 7) is 4.52. The van der Waals surface area contributed by atoms with Gasteiger partial charge >= 0.3 is 0 Å². The van der Waals surface area contributed by atoms with Gasteiger partial charge in [-0.05, 0) is 107 Å². The molecule has 0 amide bonds. The molecule has 0 radical (unpaired) electrons. The number of allylic oxidation sites excluding steroid dienone is 2. The molecule has 3 saturated carbocycles. The maximum Gasteiger partial charge on any atom is -0.0233 e. The minimum Gasteiger partial charge on any atom is -0.0914 e. The number of unbranched alkanes of at least 4 members (excludes halogenated alkanes) is 2. The largest absolute Gasteiger partial charge is 0.0914 e. The normalized spacial score (nSPS) is 39.9. The zero-order chi connectivity index (χ0) is 17.5. The third-order valence-corrected chi connectivity index (χ3v) is 8.23. The maximum atomic E-state index is 2.46. The average molecular weight is 345 g/mol. The van der Waals surface area contributed by atoms with Crippen LogP contribution < -0.4 is 0 Å². The van der Waals surface area contributed by atoms with Crippen molar-refractivity contribution in [3.05, 3.63) is 12.2 Å². The smallest absolute Gasteiger partial charge is 0.0233 e. The molecule has 0 heteroatoms. The van der Waals surface area contributed by atoms with Crippen LogP contribution in [0.2, 0.25) is 0 Å². The van der Waals surface area contributed by atoms with Gasteiger partial charge in [-0.2, -0.15) is 0 Å². The van der Waals surface area contributed by atoms with Gasteiger partial charge in [0.2, 0.25) is 0 Å². The van der Waals surface area contributed by atoms with E-state index in [0.717, 1.165) is 35.5 Å². The summed E-state index contributed by atoms with van der Waals surface area (Å²) in [5, 5.41) is 0. The lowest BCUT2D eigenvalue weighted by Gasteiger charge is -2.39. The van der Waals surface area contributed by atoms with Crippen molar-refractivity contribution in [2.24, 2.45) is 35.5 Å².